The SMILES string of the molecule is NC(=S)c1ccc(N(CCO)CC(F)F)c(Cl)c1. The zero-order chi connectivity index (χ0) is 13.7. The maximum atomic E-state index is 12.4. The van der Waals surface area contributed by atoms with Crippen molar-refractivity contribution in [3.63, 3.8) is 0 Å². The molecule has 1 aromatic rings. The lowest BCUT2D eigenvalue weighted by molar-refractivity contribution is 0.153. The second-order valence-electron chi connectivity index (χ2n) is 3.59. The van der Waals surface area contributed by atoms with Gasteiger partial charge in [-0.05, 0) is 18.2 Å². The zero-order valence-corrected chi connectivity index (χ0v) is 11.0. The summed E-state index contributed by atoms with van der Waals surface area (Å²) in [4.78, 5) is 1.50. The number of aliphatic hydroxyl groups excluding tert-OH is 1. The molecule has 0 aromatic heterocycles. The summed E-state index contributed by atoms with van der Waals surface area (Å²) in [6, 6.07) is 4.70. The van der Waals surface area contributed by atoms with E-state index >= 15 is 0 Å². The largest absolute Gasteiger partial charge is 0.395 e. The van der Waals surface area contributed by atoms with Crippen LogP contribution < -0.4 is 10.6 Å². The molecule has 0 radical (unpaired) electrons. The molecule has 0 amide bonds. The Kier molecular flexibility index (Phi) is 5.71. The van der Waals surface area contributed by atoms with Crippen molar-refractivity contribution < 1.29 is 13.9 Å². The van der Waals surface area contributed by atoms with Crippen molar-refractivity contribution in [2.24, 2.45) is 5.73 Å². The number of hydrogen-bond donors (Lipinski definition) is 2. The number of halogens is 3. The van der Waals surface area contributed by atoms with Crippen LogP contribution in [0.3, 0.4) is 0 Å². The van der Waals surface area contributed by atoms with Crippen molar-refractivity contribution in [1.82, 2.24) is 0 Å². The molecule has 0 unspecified atom stereocenters. The fraction of sp³-hybridized carbons (Fsp3) is 0.364. The van der Waals surface area contributed by atoms with Gasteiger partial charge in [-0.25, -0.2) is 8.78 Å². The van der Waals surface area contributed by atoms with Gasteiger partial charge in [-0.15, -0.1) is 0 Å². The average Bonchev–Trinajstić information content (AvgIpc) is 2.27. The molecule has 100 valence electrons. The van der Waals surface area contributed by atoms with E-state index in [-0.39, 0.29) is 23.2 Å². The van der Waals surface area contributed by atoms with E-state index in [1.807, 2.05) is 0 Å². The zero-order valence-electron chi connectivity index (χ0n) is 9.44. The molecule has 1 aromatic carbocycles. The first-order chi connectivity index (χ1) is 8.45. The number of nitrogens with two attached hydrogens (primary N) is 1. The summed E-state index contributed by atoms with van der Waals surface area (Å²) in [5.41, 5.74) is 6.44. The van der Waals surface area contributed by atoms with Gasteiger partial charge in [-0.2, -0.15) is 0 Å². The third kappa shape index (κ3) is 4.04. The van der Waals surface area contributed by atoms with Crippen LogP contribution in [-0.4, -0.2) is 36.2 Å². The molecule has 0 aliphatic carbocycles. The molecule has 0 fully saturated rings. The summed E-state index contributed by atoms with van der Waals surface area (Å²) in [7, 11) is 0. The number of aliphatic hydroxyl groups is 1. The Morgan fingerprint density at radius 1 is 1.50 bits per heavy atom. The number of rotatable bonds is 6. The molecule has 0 bridgehead atoms. The Morgan fingerprint density at radius 2 is 2.17 bits per heavy atom. The highest BCUT2D eigenvalue weighted by atomic mass is 35.5. The van der Waals surface area contributed by atoms with Crippen LogP contribution in [-0.2, 0) is 0 Å². The van der Waals surface area contributed by atoms with Crippen LogP contribution in [0.2, 0.25) is 5.02 Å². The predicted molar refractivity (Wildman–Crippen MR) is 72.6 cm³/mol. The van der Waals surface area contributed by atoms with Gasteiger partial charge < -0.3 is 15.7 Å². The van der Waals surface area contributed by atoms with Crippen LogP contribution in [0, 0.1) is 0 Å². The van der Waals surface area contributed by atoms with Crippen molar-refractivity contribution in [3.05, 3.63) is 28.8 Å². The number of thiocarbonyl (C=S) groups is 1. The Morgan fingerprint density at radius 3 is 2.61 bits per heavy atom. The highest BCUT2D eigenvalue weighted by Crippen LogP contribution is 2.27. The van der Waals surface area contributed by atoms with E-state index in [1.54, 1.807) is 12.1 Å². The summed E-state index contributed by atoms with van der Waals surface area (Å²) >= 11 is 10.8. The quantitative estimate of drug-likeness (QED) is 0.788. The Balaban J connectivity index is 3.01. The van der Waals surface area contributed by atoms with E-state index in [1.165, 1.54) is 11.0 Å². The minimum absolute atomic E-state index is 0.0798. The van der Waals surface area contributed by atoms with E-state index in [0.717, 1.165) is 0 Å². The maximum absolute atomic E-state index is 12.4. The molecule has 7 heteroatoms. The second kappa shape index (κ2) is 6.82. The first kappa shape index (κ1) is 15.1. The summed E-state index contributed by atoms with van der Waals surface area (Å²) in [6.07, 6.45) is -2.51. The molecule has 0 aliphatic rings. The summed E-state index contributed by atoms with van der Waals surface area (Å²) < 4.78 is 24.9. The Labute approximate surface area is 114 Å². The topological polar surface area (TPSA) is 49.5 Å². The van der Waals surface area contributed by atoms with Gasteiger partial charge in [0.15, 0.2) is 0 Å². The smallest absolute Gasteiger partial charge is 0.255 e. The molecule has 3 nitrogen and oxygen atoms in total. The number of nitrogens with zero attached hydrogens (tertiary/aromatic N) is 1. The monoisotopic (exact) mass is 294 g/mol. The standard InChI is InChI=1S/C11H13ClF2N2OS/c12-8-5-7(11(15)18)1-2-9(8)16(3-4-17)6-10(13)14/h1-2,5,10,17H,3-4,6H2,(H2,15,18). The van der Waals surface area contributed by atoms with Crippen molar-refractivity contribution in [2.75, 3.05) is 24.6 Å². The van der Waals surface area contributed by atoms with Gasteiger partial charge in [0.1, 0.15) is 4.99 Å². The van der Waals surface area contributed by atoms with Crippen LogP contribution in [0.4, 0.5) is 14.5 Å². The normalized spacial score (nSPS) is 10.7. The lowest BCUT2D eigenvalue weighted by Gasteiger charge is -2.24. The van der Waals surface area contributed by atoms with E-state index in [2.05, 4.69) is 0 Å². The number of benzene rings is 1. The molecule has 0 heterocycles. The van der Waals surface area contributed by atoms with Gasteiger partial charge in [-0.3, -0.25) is 0 Å². The third-order valence-electron chi connectivity index (χ3n) is 2.30. The molecule has 0 atom stereocenters. The average molecular weight is 295 g/mol. The van der Waals surface area contributed by atoms with E-state index in [0.29, 0.717) is 11.3 Å². The molecule has 3 N–H and O–H groups in total. The molecule has 1 rings (SSSR count). The summed E-state index contributed by atoms with van der Waals surface area (Å²) in [6.45, 7) is -0.650. The third-order valence-corrected chi connectivity index (χ3v) is 2.84. The van der Waals surface area contributed by atoms with Gasteiger partial charge in [-0.1, -0.05) is 23.8 Å². The van der Waals surface area contributed by atoms with Gasteiger partial charge in [0.25, 0.3) is 6.43 Å². The first-order valence-corrected chi connectivity index (χ1v) is 5.97. The molecule has 0 spiro atoms. The Bertz CT molecular complexity index is 432. The molecule has 0 saturated carbocycles. The van der Waals surface area contributed by atoms with Crippen molar-refractivity contribution >= 4 is 34.5 Å². The number of alkyl halides is 2. The van der Waals surface area contributed by atoms with Crippen molar-refractivity contribution in [1.29, 1.82) is 0 Å². The minimum atomic E-state index is -2.51. The second-order valence-corrected chi connectivity index (χ2v) is 4.44. The molecular weight excluding hydrogens is 282 g/mol. The highest BCUT2D eigenvalue weighted by Gasteiger charge is 2.15. The fourth-order valence-electron chi connectivity index (χ4n) is 1.51. The van der Waals surface area contributed by atoms with Crippen LogP contribution in [0.1, 0.15) is 5.56 Å². The molecule has 0 aliphatic heterocycles. The van der Waals surface area contributed by atoms with Gasteiger partial charge >= 0.3 is 0 Å². The van der Waals surface area contributed by atoms with Crippen molar-refractivity contribution in [2.45, 2.75) is 6.43 Å². The number of anilines is 1. The van der Waals surface area contributed by atoms with E-state index in [9.17, 15) is 8.78 Å². The van der Waals surface area contributed by atoms with E-state index < -0.39 is 13.0 Å². The van der Waals surface area contributed by atoms with Gasteiger partial charge in [0.05, 0.1) is 23.9 Å². The van der Waals surface area contributed by atoms with Crippen molar-refractivity contribution in [3.8, 4) is 0 Å². The summed E-state index contributed by atoms with van der Waals surface area (Å²) in [5, 5.41) is 9.15. The Hall–Kier alpha value is -0.980. The highest BCUT2D eigenvalue weighted by molar-refractivity contribution is 7.80. The fourth-order valence-corrected chi connectivity index (χ4v) is 1.94. The first-order valence-electron chi connectivity index (χ1n) is 5.19. The van der Waals surface area contributed by atoms with E-state index in [4.69, 9.17) is 34.7 Å². The molecule has 0 saturated heterocycles. The molecular formula is C11H13ClF2N2OS. The lowest BCUT2D eigenvalue weighted by atomic mass is 10.2. The number of hydrogen-bond acceptors (Lipinski definition) is 3. The minimum Gasteiger partial charge on any atom is -0.395 e. The van der Waals surface area contributed by atoms with Crippen LogP contribution >= 0.6 is 23.8 Å². The van der Waals surface area contributed by atoms with Gasteiger partial charge in [0, 0.05) is 12.1 Å². The molecule has 18 heavy (non-hydrogen) atoms. The van der Waals surface area contributed by atoms with Gasteiger partial charge in [0.2, 0.25) is 0 Å². The van der Waals surface area contributed by atoms with Crippen LogP contribution in [0.15, 0.2) is 18.2 Å². The maximum Gasteiger partial charge on any atom is 0.255 e. The van der Waals surface area contributed by atoms with Crippen LogP contribution in [0.5, 0.6) is 0 Å². The van der Waals surface area contributed by atoms with Crippen LogP contribution in [0.25, 0.3) is 0 Å². The summed E-state index contributed by atoms with van der Waals surface area (Å²) in [5.74, 6) is 0. The predicted octanol–water partition coefficient (Wildman–Crippen LogP) is 2.04. The lowest BCUT2D eigenvalue weighted by Crippen LogP contribution is -2.31.